The van der Waals surface area contributed by atoms with Crippen molar-refractivity contribution in [2.75, 3.05) is 5.32 Å². The normalized spacial score (nSPS) is 14.2. The second-order valence-corrected chi connectivity index (χ2v) is 7.81. The number of carbonyl (C=O) groups excluding carboxylic acids is 1. The molecule has 5 rings (SSSR count). The second-order valence-electron chi connectivity index (χ2n) is 7.81. The quantitative estimate of drug-likeness (QED) is 0.517. The van der Waals surface area contributed by atoms with Crippen LogP contribution in [0, 0.1) is 22.7 Å². The predicted molar refractivity (Wildman–Crippen MR) is 117 cm³/mol. The van der Waals surface area contributed by atoms with Crippen LogP contribution in [0.4, 0.5) is 5.82 Å². The number of imidazole rings is 1. The molecule has 3 aromatic heterocycles. The van der Waals surface area contributed by atoms with E-state index in [4.69, 9.17) is 10.5 Å². The number of nitriles is 2. The molecule has 8 nitrogen and oxygen atoms in total. The topological polar surface area (TPSA) is 131 Å². The minimum Gasteiger partial charge on any atom is -0.340 e. The van der Waals surface area contributed by atoms with Gasteiger partial charge in [0, 0.05) is 18.0 Å². The molecule has 1 fully saturated rings. The van der Waals surface area contributed by atoms with E-state index in [1.54, 1.807) is 42.6 Å². The molecule has 0 spiro atoms. The Kier molecular flexibility index (Phi) is 4.61. The summed E-state index contributed by atoms with van der Waals surface area (Å²) in [6, 6.07) is 16.1. The monoisotopic (exact) mass is 419 g/mol. The van der Waals surface area contributed by atoms with E-state index in [9.17, 15) is 4.79 Å². The zero-order chi connectivity index (χ0) is 22.1. The number of hydrogen-bond acceptors (Lipinski definition) is 6. The Bertz CT molecular complexity index is 1420. The van der Waals surface area contributed by atoms with Gasteiger partial charge in [-0.15, -0.1) is 0 Å². The molecule has 8 heteroatoms. The average Bonchev–Trinajstić information content (AvgIpc) is 3.22. The number of carbonyl (C=O) groups is 1. The number of nitrogens with one attached hydrogen (secondary N) is 2. The summed E-state index contributed by atoms with van der Waals surface area (Å²) in [5.41, 5.74) is 3.35. The Labute approximate surface area is 183 Å². The summed E-state index contributed by atoms with van der Waals surface area (Å²) in [5, 5.41) is 20.9. The molecule has 1 aromatic carbocycles. The molecule has 3 heterocycles. The highest BCUT2D eigenvalue weighted by Crippen LogP contribution is 2.48. The zero-order valence-corrected chi connectivity index (χ0v) is 17.0. The smallest absolute Gasteiger partial charge is 0.256 e. The fourth-order valence-electron chi connectivity index (χ4n) is 4.05. The number of rotatable bonds is 4. The summed E-state index contributed by atoms with van der Waals surface area (Å²) in [5.74, 6) is 0.922. The standard InChI is InChI=1S/C24H17N7O/c25-11-15-3-1-4-17(9-15)22(32)30-20-6-5-18(14-27-20)24(7-2-8-24)23-29-19-10-16(12-26)13-28-21(19)31-23/h1,3-6,9-10,13-14H,2,7-8H2,(H,27,30,32)(H,28,29,31). The van der Waals surface area contributed by atoms with E-state index < -0.39 is 0 Å². The van der Waals surface area contributed by atoms with Crippen molar-refractivity contribution in [2.45, 2.75) is 24.7 Å². The molecule has 32 heavy (non-hydrogen) atoms. The van der Waals surface area contributed by atoms with Crippen LogP contribution in [0.15, 0.2) is 54.9 Å². The van der Waals surface area contributed by atoms with Crippen LogP contribution >= 0.6 is 0 Å². The third-order valence-corrected chi connectivity index (χ3v) is 5.94. The molecular weight excluding hydrogens is 402 g/mol. The SMILES string of the molecule is N#Cc1cccc(C(=O)Nc2ccc(C3(c4nc5ncc(C#N)cc5[nH]4)CCC3)cn2)c1. The molecule has 0 radical (unpaired) electrons. The molecule has 0 bridgehead atoms. The third-order valence-electron chi connectivity index (χ3n) is 5.94. The molecule has 4 aromatic rings. The van der Waals surface area contributed by atoms with Crippen LogP contribution in [0.25, 0.3) is 11.2 Å². The maximum Gasteiger partial charge on any atom is 0.256 e. The van der Waals surface area contributed by atoms with E-state index in [0.29, 0.717) is 28.2 Å². The number of pyridine rings is 2. The Morgan fingerprint density at radius 2 is 1.88 bits per heavy atom. The van der Waals surface area contributed by atoms with E-state index in [-0.39, 0.29) is 11.3 Å². The minimum absolute atomic E-state index is 0.288. The van der Waals surface area contributed by atoms with Crippen LogP contribution in [0.3, 0.4) is 0 Å². The van der Waals surface area contributed by atoms with E-state index >= 15 is 0 Å². The summed E-state index contributed by atoms with van der Waals surface area (Å²) in [6.07, 6.45) is 6.20. The highest BCUT2D eigenvalue weighted by Gasteiger charge is 2.43. The van der Waals surface area contributed by atoms with Crippen molar-refractivity contribution in [1.82, 2.24) is 19.9 Å². The molecule has 1 aliphatic carbocycles. The maximum absolute atomic E-state index is 12.5. The number of benzene rings is 1. The van der Waals surface area contributed by atoms with Crippen LogP contribution in [0.1, 0.15) is 52.1 Å². The number of nitrogens with zero attached hydrogens (tertiary/aromatic N) is 5. The molecular formula is C24H17N7O. The van der Waals surface area contributed by atoms with Gasteiger partial charge in [0.2, 0.25) is 0 Å². The van der Waals surface area contributed by atoms with Crippen molar-refractivity contribution in [3.63, 3.8) is 0 Å². The molecule has 0 aliphatic heterocycles. The van der Waals surface area contributed by atoms with Gasteiger partial charge in [-0.05, 0) is 48.7 Å². The largest absolute Gasteiger partial charge is 0.340 e. The number of hydrogen-bond donors (Lipinski definition) is 2. The first-order valence-corrected chi connectivity index (χ1v) is 10.2. The number of anilines is 1. The fraction of sp³-hybridized carbons (Fsp3) is 0.167. The lowest BCUT2D eigenvalue weighted by molar-refractivity contribution is 0.102. The molecule has 0 atom stereocenters. The molecule has 2 N–H and O–H groups in total. The lowest BCUT2D eigenvalue weighted by Gasteiger charge is -2.40. The molecule has 0 unspecified atom stereocenters. The van der Waals surface area contributed by atoms with Crippen LogP contribution < -0.4 is 5.32 Å². The van der Waals surface area contributed by atoms with Crippen LogP contribution in [-0.4, -0.2) is 25.8 Å². The number of aromatic nitrogens is 4. The van der Waals surface area contributed by atoms with Gasteiger partial charge in [-0.1, -0.05) is 18.6 Å². The van der Waals surface area contributed by atoms with Gasteiger partial charge < -0.3 is 10.3 Å². The van der Waals surface area contributed by atoms with Gasteiger partial charge in [-0.3, -0.25) is 4.79 Å². The summed E-state index contributed by atoms with van der Waals surface area (Å²) in [6.45, 7) is 0. The van der Waals surface area contributed by atoms with E-state index in [0.717, 1.165) is 36.2 Å². The number of amides is 1. The molecule has 1 amide bonds. The Morgan fingerprint density at radius 3 is 2.56 bits per heavy atom. The van der Waals surface area contributed by atoms with Crippen molar-refractivity contribution < 1.29 is 4.79 Å². The van der Waals surface area contributed by atoms with Crippen LogP contribution in [0.2, 0.25) is 0 Å². The van der Waals surface area contributed by atoms with E-state index in [1.807, 2.05) is 12.1 Å². The molecule has 0 saturated heterocycles. The molecule has 154 valence electrons. The molecule has 1 saturated carbocycles. The van der Waals surface area contributed by atoms with Gasteiger partial charge in [-0.25, -0.2) is 15.0 Å². The average molecular weight is 419 g/mol. The highest BCUT2D eigenvalue weighted by atomic mass is 16.1. The predicted octanol–water partition coefficient (Wildman–Crippen LogP) is 3.82. The minimum atomic E-state index is -0.322. The Morgan fingerprint density at radius 1 is 1.03 bits per heavy atom. The molecule has 1 aliphatic rings. The zero-order valence-electron chi connectivity index (χ0n) is 17.0. The first kappa shape index (κ1) is 19.4. The fourth-order valence-corrected chi connectivity index (χ4v) is 4.05. The van der Waals surface area contributed by atoms with Gasteiger partial charge >= 0.3 is 0 Å². The lowest BCUT2D eigenvalue weighted by atomic mass is 9.64. The Balaban J connectivity index is 1.40. The summed E-state index contributed by atoms with van der Waals surface area (Å²) >= 11 is 0. The number of fused-ring (bicyclic) bond motifs is 1. The summed E-state index contributed by atoms with van der Waals surface area (Å²) < 4.78 is 0. The number of aromatic amines is 1. The highest BCUT2D eigenvalue weighted by molar-refractivity contribution is 6.03. The first-order valence-electron chi connectivity index (χ1n) is 10.2. The van der Waals surface area contributed by atoms with Crippen molar-refractivity contribution in [2.24, 2.45) is 0 Å². The van der Waals surface area contributed by atoms with Crippen LogP contribution in [-0.2, 0) is 5.41 Å². The Hall–Kier alpha value is -4.56. The van der Waals surface area contributed by atoms with Crippen molar-refractivity contribution in [1.29, 1.82) is 10.5 Å². The number of H-pyrrole nitrogens is 1. The summed E-state index contributed by atoms with van der Waals surface area (Å²) in [7, 11) is 0. The van der Waals surface area contributed by atoms with E-state index in [2.05, 4.69) is 31.3 Å². The van der Waals surface area contributed by atoms with Gasteiger partial charge in [-0.2, -0.15) is 10.5 Å². The van der Waals surface area contributed by atoms with Gasteiger partial charge in [0.05, 0.1) is 28.1 Å². The lowest BCUT2D eigenvalue weighted by Crippen LogP contribution is -2.36. The summed E-state index contributed by atoms with van der Waals surface area (Å²) in [4.78, 5) is 29.2. The van der Waals surface area contributed by atoms with E-state index in [1.165, 1.54) is 6.20 Å². The van der Waals surface area contributed by atoms with Crippen molar-refractivity contribution in [3.05, 3.63) is 82.9 Å². The first-order chi connectivity index (χ1) is 15.6. The second kappa shape index (κ2) is 7.60. The van der Waals surface area contributed by atoms with Crippen molar-refractivity contribution in [3.8, 4) is 12.1 Å². The van der Waals surface area contributed by atoms with Gasteiger partial charge in [0.15, 0.2) is 5.65 Å². The van der Waals surface area contributed by atoms with Crippen molar-refractivity contribution >= 4 is 22.9 Å². The maximum atomic E-state index is 12.5. The third kappa shape index (κ3) is 3.24. The van der Waals surface area contributed by atoms with Crippen LogP contribution in [0.5, 0.6) is 0 Å². The van der Waals surface area contributed by atoms with Gasteiger partial charge in [0.25, 0.3) is 5.91 Å². The van der Waals surface area contributed by atoms with Gasteiger partial charge in [0.1, 0.15) is 17.7 Å².